The van der Waals surface area contributed by atoms with Gasteiger partial charge in [0.05, 0.1) is 5.52 Å². The summed E-state index contributed by atoms with van der Waals surface area (Å²) in [5.41, 5.74) is 10.5. The minimum atomic E-state index is 0.550. The molecular weight excluding hydrogens is 645 g/mol. The second kappa shape index (κ2) is 12.2. The molecule has 0 bridgehead atoms. The van der Waals surface area contributed by atoms with Crippen molar-refractivity contribution in [1.29, 1.82) is 0 Å². The lowest BCUT2D eigenvalue weighted by Crippen LogP contribution is -2.00. The molecule has 244 valence electrons. The van der Waals surface area contributed by atoms with Crippen LogP contribution in [0.2, 0.25) is 0 Å². The molecule has 0 unspecified atom stereocenters. The maximum Gasteiger partial charge on any atom is 0.227 e. The molecule has 0 aliphatic carbocycles. The second-order valence-electron chi connectivity index (χ2n) is 12.4. The molecule has 0 saturated carbocycles. The van der Waals surface area contributed by atoms with Crippen LogP contribution in [0, 0.1) is 0 Å². The van der Waals surface area contributed by atoms with Crippen molar-refractivity contribution in [1.82, 2.24) is 29.9 Å². The summed E-state index contributed by atoms with van der Waals surface area (Å²) in [6, 6.07) is 49.9. The molecule has 0 aliphatic rings. The standard InChI is InChI=1S/C44H26N6O2/c1-3-12-37-35(10-1)46-43(51-37)32-22-18-30(19-23-32)41-48-40(29-16-14-27(15-17-29)34-9-5-7-28-8-6-26-45-39(28)34)49-42(50-41)31-20-24-33(25-21-31)44-47-36-11-2-4-13-38(36)52-44/h1-26H. The third-order valence-electron chi connectivity index (χ3n) is 9.09. The Hall–Kier alpha value is -7.32. The van der Waals surface area contributed by atoms with Crippen LogP contribution >= 0.6 is 0 Å². The van der Waals surface area contributed by atoms with E-state index in [1.807, 2.05) is 121 Å². The summed E-state index contributed by atoms with van der Waals surface area (Å²) in [5, 5.41) is 1.10. The van der Waals surface area contributed by atoms with Gasteiger partial charge in [0.2, 0.25) is 11.8 Å². The summed E-state index contributed by atoms with van der Waals surface area (Å²) in [6.07, 6.45) is 1.83. The number of hydrogen-bond donors (Lipinski definition) is 0. The zero-order valence-corrected chi connectivity index (χ0v) is 27.5. The van der Waals surface area contributed by atoms with Crippen LogP contribution in [0.25, 0.3) is 101 Å². The van der Waals surface area contributed by atoms with Crippen LogP contribution in [0.3, 0.4) is 0 Å². The lowest BCUT2D eigenvalue weighted by atomic mass is 10.0. The fraction of sp³-hybridized carbons (Fsp3) is 0. The topological polar surface area (TPSA) is 104 Å². The lowest BCUT2D eigenvalue weighted by Gasteiger charge is -2.10. The number of aromatic nitrogens is 6. The quantitative estimate of drug-likeness (QED) is 0.172. The van der Waals surface area contributed by atoms with Crippen molar-refractivity contribution in [2.75, 3.05) is 0 Å². The Balaban J connectivity index is 1.04. The summed E-state index contributed by atoms with van der Waals surface area (Å²) in [4.78, 5) is 28.9. The fourth-order valence-electron chi connectivity index (χ4n) is 6.41. The van der Waals surface area contributed by atoms with Gasteiger partial charge in [-0.15, -0.1) is 0 Å². The van der Waals surface area contributed by atoms with Gasteiger partial charge in [-0.3, -0.25) is 4.98 Å². The summed E-state index contributed by atoms with van der Waals surface area (Å²) < 4.78 is 12.0. The van der Waals surface area contributed by atoms with Gasteiger partial charge in [0.25, 0.3) is 0 Å². The first-order valence-corrected chi connectivity index (χ1v) is 16.9. The average molecular weight is 671 g/mol. The molecule has 0 aliphatic heterocycles. The molecule has 6 aromatic carbocycles. The molecule has 0 N–H and O–H groups in total. The molecule has 8 heteroatoms. The lowest BCUT2D eigenvalue weighted by molar-refractivity contribution is 0.619. The van der Waals surface area contributed by atoms with E-state index in [-0.39, 0.29) is 0 Å². The first kappa shape index (κ1) is 29.6. The Morgan fingerprint density at radius 3 is 1.29 bits per heavy atom. The Morgan fingerprint density at radius 1 is 0.346 bits per heavy atom. The van der Waals surface area contributed by atoms with Crippen molar-refractivity contribution in [3.05, 3.63) is 158 Å². The molecule has 4 heterocycles. The number of pyridine rings is 1. The summed E-state index contributed by atoms with van der Waals surface area (Å²) >= 11 is 0. The number of nitrogens with zero attached hydrogens (tertiary/aromatic N) is 6. The van der Waals surface area contributed by atoms with Crippen LogP contribution in [0.15, 0.2) is 167 Å². The fourth-order valence-corrected chi connectivity index (χ4v) is 6.41. The number of para-hydroxylation sites is 5. The van der Waals surface area contributed by atoms with E-state index < -0.39 is 0 Å². The van der Waals surface area contributed by atoms with Gasteiger partial charge in [-0.25, -0.2) is 24.9 Å². The molecule has 8 nitrogen and oxygen atoms in total. The van der Waals surface area contributed by atoms with Crippen LogP contribution < -0.4 is 0 Å². The predicted octanol–water partition coefficient (Wildman–Crippen LogP) is 10.7. The van der Waals surface area contributed by atoms with Crippen LogP contribution in [0.4, 0.5) is 0 Å². The first-order chi connectivity index (χ1) is 25.7. The monoisotopic (exact) mass is 670 g/mol. The van der Waals surface area contributed by atoms with Gasteiger partial charge in [0, 0.05) is 45.0 Å². The molecule has 0 atom stereocenters. The van der Waals surface area contributed by atoms with Crippen molar-refractivity contribution in [3.8, 4) is 68.2 Å². The van der Waals surface area contributed by atoms with Crippen molar-refractivity contribution in [2.24, 2.45) is 0 Å². The molecule has 4 aromatic heterocycles. The van der Waals surface area contributed by atoms with Crippen LogP contribution in [-0.2, 0) is 0 Å². The predicted molar refractivity (Wildman–Crippen MR) is 203 cm³/mol. The van der Waals surface area contributed by atoms with Gasteiger partial charge >= 0.3 is 0 Å². The first-order valence-electron chi connectivity index (χ1n) is 16.9. The zero-order valence-electron chi connectivity index (χ0n) is 27.5. The van der Waals surface area contributed by atoms with E-state index >= 15 is 0 Å². The van der Waals surface area contributed by atoms with E-state index in [9.17, 15) is 0 Å². The third-order valence-corrected chi connectivity index (χ3v) is 9.09. The largest absolute Gasteiger partial charge is 0.436 e. The van der Waals surface area contributed by atoms with Crippen molar-refractivity contribution >= 4 is 33.1 Å². The Morgan fingerprint density at radius 2 is 0.788 bits per heavy atom. The molecule has 0 fully saturated rings. The zero-order chi connectivity index (χ0) is 34.4. The molecule has 52 heavy (non-hydrogen) atoms. The third kappa shape index (κ3) is 5.35. The average Bonchev–Trinajstić information content (AvgIpc) is 3.86. The van der Waals surface area contributed by atoms with Gasteiger partial charge in [-0.1, -0.05) is 97.1 Å². The van der Waals surface area contributed by atoms with Crippen molar-refractivity contribution in [2.45, 2.75) is 0 Å². The smallest absolute Gasteiger partial charge is 0.227 e. The molecule has 10 aromatic rings. The van der Waals surface area contributed by atoms with E-state index in [1.165, 1.54) is 0 Å². The number of rotatable bonds is 6. The molecule has 0 spiro atoms. The summed E-state index contributed by atoms with van der Waals surface area (Å²) in [5.74, 6) is 2.79. The van der Waals surface area contributed by atoms with Crippen LogP contribution in [-0.4, -0.2) is 29.9 Å². The number of hydrogen-bond acceptors (Lipinski definition) is 8. The molecular formula is C44H26N6O2. The van der Waals surface area contributed by atoms with Crippen molar-refractivity contribution in [3.63, 3.8) is 0 Å². The summed E-state index contributed by atoms with van der Waals surface area (Å²) in [7, 11) is 0. The van der Waals surface area contributed by atoms with Crippen molar-refractivity contribution < 1.29 is 8.83 Å². The maximum absolute atomic E-state index is 6.01. The van der Waals surface area contributed by atoms with Gasteiger partial charge in [-0.05, 0) is 60.2 Å². The Kier molecular flexibility index (Phi) is 6.95. The molecule has 10 rings (SSSR count). The highest BCUT2D eigenvalue weighted by Gasteiger charge is 2.16. The van der Waals surface area contributed by atoms with Gasteiger partial charge in [0.1, 0.15) is 11.0 Å². The van der Waals surface area contributed by atoms with Gasteiger partial charge in [-0.2, -0.15) is 0 Å². The van der Waals surface area contributed by atoms with Crippen LogP contribution in [0.5, 0.6) is 0 Å². The SMILES string of the molecule is c1cnc2c(-c3ccc(-c4nc(-c5ccc(-c6nc7ccccc7o6)cc5)nc(-c5ccc(-c6nc7ccccc7o6)cc5)n4)cc3)cccc2c1. The Bertz CT molecular complexity index is 2690. The highest BCUT2D eigenvalue weighted by Crippen LogP contribution is 2.32. The van der Waals surface area contributed by atoms with Crippen LogP contribution in [0.1, 0.15) is 0 Å². The number of oxazole rings is 2. The second-order valence-corrected chi connectivity index (χ2v) is 12.4. The number of benzene rings is 6. The highest BCUT2D eigenvalue weighted by atomic mass is 16.4. The number of fused-ring (bicyclic) bond motifs is 3. The van der Waals surface area contributed by atoms with Gasteiger partial charge in [0.15, 0.2) is 28.6 Å². The minimum absolute atomic E-state index is 0.550. The van der Waals surface area contributed by atoms with E-state index in [2.05, 4.69) is 51.4 Å². The van der Waals surface area contributed by atoms with E-state index in [0.29, 0.717) is 29.3 Å². The van der Waals surface area contributed by atoms with E-state index in [0.717, 1.165) is 72.0 Å². The normalized spacial score (nSPS) is 11.5. The minimum Gasteiger partial charge on any atom is -0.436 e. The van der Waals surface area contributed by atoms with Gasteiger partial charge < -0.3 is 8.83 Å². The maximum atomic E-state index is 6.01. The van der Waals surface area contributed by atoms with E-state index in [1.54, 1.807) is 0 Å². The Labute approximate surface area is 297 Å². The van der Waals surface area contributed by atoms with E-state index in [4.69, 9.17) is 23.8 Å². The molecule has 0 amide bonds. The highest BCUT2D eigenvalue weighted by molar-refractivity contribution is 5.93. The molecule has 0 radical (unpaired) electrons. The molecule has 0 saturated heterocycles. The summed E-state index contributed by atoms with van der Waals surface area (Å²) in [6.45, 7) is 0.